The molecule has 2 aromatic carbocycles. The normalized spacial score (nSPS) is 29.2. The van der Waals surface area contributed by atoms with E-state index in [9.17, 15) is 9.59 Å². The molecule has 0 radical (unpaired) electrons. The van der Waals surface area contributed by atoms with Gasteiger partial charge in [0.1, 0.15) is 17.6 Å². The van der Waals surface area contributed by atoms with Gasteiger partial charge in [-0.1, -0.05) is 43.1 Å². The van der Waals surface area contributed by atoms with Crippen molar-refractivity contribution < 1.29 is 19.1 Å². The zero-order valence-electron chi connectivity index (χ0n) is 24.7. The van der Waals surface area contributed by atoms with Crippen LogP contribution < -0.4 is 9.47 Å². The maximum absolute atomic E-state index is 14.1. The summed E-state index contributed by atoms with van der Waals surface area (Å²) in [6, 6.07) is 9.73. The minimum atomic E-state index is -0.293. The zero-order chi connectivity index (χ0) is 29.3. The second kappa shape index (κ2) is 10.7. The largest absolute Gasteiger partial charge is 0.487 e. The second-order valence-corrected chi connectivity index (χ2v) is 14.5. The highest BCUT2D eigenvalue weighted by Gasteiger charge is 2.66. The molecule has 5 aliphatic rings. The maximum atomic E-state index is 14.1. The fourth-order valence-electron chi connectivity index (χ4n) is 8.77. The molecule has 2 aliphatic heterocycles. The summed E-state index contributed by atoms with van der Waals surface area (Å²) in [4.78, 5) is 31.1. The number of rotatable bonds is 8. The van der Waals surface area contributed by atoms with Crippen molar-refractivity contribution in [1.82, 2.24) is 9.80 Å². The first kappa shape index (κ1) is 28.5. The molecule has 2 bridgehead atoms. The number of hydrogen-bond donors (Lipinski definition) is 0. The molecule has 2 aromatic rings. The highest BCUT2D eigenvalue weighted by atomic mass is 35.5. The van der Waals surface area contributed by atoms with Crippen LogP contribution in [0.5, 0.6) is 11.5 Å². The molecular weight excluding hydrogens is 571 g/mol. The lowest BCUT2D eigenvalue weighted by Gasteiger charge is -2.60. The van der Waals surface area contributed by atoms with Crippen LogP contribution in [0.4, 0.5) is 0 Å². The van der Waals surface area contributed by atoms with Crippen molar-refractivity contribution in [2.45, 2.75) is 89.3 Å². The molecule has 0 unspecified atom stereocenters. The summed E-state index contributed by atoms with van der Waals surface area (Å²) in [6.45, 7) is 8.69. The van der Waals surface area contributed by atoms with E-state index in [0.29, 0.717) is 40.2 Å². The molecule has 2 saturated carbocycles. The number of hydrogen-bond acceptors (Lipinski definition) is 5. The Kier molecular flexibility index (Phi) is 7.26. The Morgan fingerprint density at radius 1 is 1.12 bits per heavy atom. The monoisotopic (exact) mass is 610 g/mol. The van der Waals surface area contributed by atoms with Crippen LogP contribution in [0.3, 0.4) is 0 Å². The van der Waals surface area contributed by atoms with E-state index >= 15 is 0 Å². The standard InChI is InChI=1S/C34H40Cl2N2O4/c1-19(2)17-38(31(40)15-22-6-8-25(35)26(36)14-22)27-9-7-24-28-16-23-29(41-20(3)39)10-11-30-32(23)34(24,33(27)42-30)12-13-37(28)18-21-4-5-21/h6,8,10-11,14,19,21,24,27-28,33H,4-5,7,9,12-13,15-18H2,1-3H3/t24-,27-,28+,33-,34-/m0/s1. The van der Waals surface area contributed by atoms with Crippen molar-refractivity contribution in [3.05, 3.63) is 57.1 Å². The Bertz CT molecular complexity index is 1420. The highest BCUT2D eigenvalue weighted by Crippen LogP contribution is 2.64. The van der Waals surface area contributed by atoms with Crippen LogP contribution in [0, 0.1) is 17.8 Å². The van der Waals surface area contributed by atoms with Crippen LogP contribution in [0.2, 0.25) is 10.0 Å². The summed E-state index contributed by atoms with van der Waals surface area (Å²) >= 11 is 12.5. The van der Waals surface area contributed by atoms with Crippen LogP contribution in [-0.2, 0) is 27.8 Å². The summed E-state index contributed by atoms with van der Waals surface area (Å²) in [5.74, 6) is 2.98. The van der Waals surface area contributed by atoms with Gasteiger partial charge in [0.2, 0.25) is 5.91 Å². The summed E-state index contributed by atoms with van der Waals surface area (Å²) in [5.41, 5.74) is 3.08. The number of carbonyl (C=O) groups excluding carboxylic acids is 2. The number of piperidine rings is 1. The van der Waals surface area contributed by atoms with Crippen LogP contribution in [0.1, 0.15) is 69.6 Å². The van der Waals surface area contributed by atoms with Gasteiger partial charge < -0.3 is 14.4 Å². The molecule has 0 aromatic heterocycles. The van der Waals surface area contributed by atoms with Crippen LogP contribution >= 0.6 is 23.2 Å². The third kappa shape index (κ3) is 4.73. The van der Waals surface area contributed by atoms with Gasteiger partial charge in [-0.05, 0) is 92.7 Å². The summed E-state index contributed by atoms with van der Waals surface area (Å²) in [6.07, 6.45) is 6.68. The number of esters is 1. The first-order valence-electron chi connectivity index (χ1n) is 15.6. The van der Waals surface area contributed by atoms with Gasteiger partial charge >= 0.3 is 5.97 Å². The second-order valence-electron chi connectivity index (χ2n) is 13.7. The van der Waals surface area contributed by atoms with E-state index < -0.39 is 0 Å². The Morgan fingerprint density at radius 3 is 2.64 bits per heavy atom. The lowest BCUT2D eigenvalue weighted by molar-refractivity contribution is -0.143. The number of carbonyl (C=O) groups is 2. The third-order valence-electron chi connectivity index (χ3n) is 10.5. The molecule has 1 saturated heterocycles. The Hall–Kier alpha value is -2.28. The van der Waals surface area contributed by atoms with Crippen molar-refractivity contribution in [1.29, 1.82) is 0 Å². The van der Waals surface area contributed by atoms with Crippen LogP contribution in [0.15, 0.2) is 30.3 Å². The number of ether oxygens (including phenoxy) is 2. The Balaban J connectivity index is 1.27. The minimum Gasteiger partial charge on any atom is -0.487 e. The molecule has 0 N–H and O–H groups in total. The number of likely N-dealkylation sites (tertiary alicyclic amines) is 1. The highest BCUT2D eigenvalue weighted by molar-refractivity contribution is 6.42. The maximum Gasteiger partial charge on any atom is 0.308 e. The van der Waals surface area contributed by atoms with Crippen molar-refractivity contribution in [3.63, 3.8) is 0 Å². The van der Waals surface area contributed by atoms with E-state index in [1.807, 2.05) is 18.2 Å². The van der Waals surface area contributed by atoms with Gasteiger partial charge in [-0.2, -0.15) is 0 Å². The van der Waals surface area contributed by atoms with Gasteiger partial charge in [-0.25, -0.2) is 0 Å². The molecule has 1 spiro atoms. The molecule has 1 amide bonds. The van der Waals surface area contributed by atoms with E-state index in [1.165, 1.54) is 25.3 Å². The summed E-state index contributed by atoms with van der Waals surface area (Å²) in [7, 11) is 0. The fraction of sp³-hybridized carbons (Fsp3) is 0.588. The van der Waals surface area contributed by atoms with E-state index in [0.717, 1.165) is 61.6 Å². The quantitative estimate of drug-likeness (QED) is 0.253. The van der Waals surface area contributed by atoms with Gasteiger partial charge in [-0.3, -0.25) is 14.5 Å². The predicted molar refractivity (Wildman–Crippen MR) is 163 cm³/mol. The average molecular weight is 612 g/mol. The van der Waals surface area contributed by atoms with Crippen molar-refractivity contribution >= 4 is 35.1 Å². The lowest BCUT2D eigenvalue weighted by Crippen LogP contribution is -2.69. The smallest absolute Gasteiger partial charge is 0.308 e. The lowest BCUT2D eigenvalue weighted by atomic mass is 9.50. The molecule has 224 valence electrons. The van der Waals surface area contributed by atoms with Crippen molar-refractivity contribution in [3.8, 4) is 11.5 Å². The third-order valence-corrected chi connectivity index (χ3v) is 11.2. The van der Waals surface area contributed by atoms with Gasteiger partial charge in [0.05, 0.1) is 22.5 Å². The molecule has 3 aliphatic carbocycles. The first-order chi connectivity index (χ1) is 20.2. The SMILES string of the molecule is CC(=O)Oc1ccc2c3c1C[C@@H]1[C@@H]4CC[C@H](N(CC(C)C)C(=O)Cc5ccc(Cl)c(Cl)c5)[C@H](O2)[C@]34CCN1CC1CC1. The summed E-state index contributed by atoms with van der Waals surface area (Å²) in [5, 5.41) is 0.957. The number of halogens is 2. The van der Waals surface area contributed by atoms with E-state index in [-0.39, 0.29) is 35.9 Å². The van der Waals surface area contributed by atoms with Crippen molar-refractivity contribution in [2.24, 2.45) is 17.8 Å². The van der Waals surface area contributed by atoms with E-state index in [4.69, 9.17) is 32.7 Å². The molecule has 8 heteroatoms. The molecule has 6 nitrogen and oxygen atoms in total. The molecule has 3 fully saturated rings. The number of nitrogens with zero attached hydrogens (tertiary/aromatic N) is 2. The number of benzene rings is 2. The van der Waals surface area contributed by atoms with Gasteiger partial charge in [0, 0.05) is 42.6 Å². The van der Waals surface area contributed by atoms with Gasteiger partial charge in [0.15, 0.2) is 0 Å². The zero-order valence-corrected chi connectivity index (χ0v) is 26.2. The first-order valence-corrected chi connectivity index (χ1v) is 16.4. The van der Waals surface area contributed by atoms with E-state index in [1.54, 1.807) is 12.1 Å². The van der Waals surface area contributed by atoms with Crippen molar-refractivity contribution in [2.75, 3.05) is 19.6 Å². The average Bonchev–Trinajstić information content (AvgIpc) is 3.69. The molecule has 42 heavy (non-hydrogen) atoms. The van der Waals surface area contributed by atoms with Crippen LogP contribution in [-0.4, -0.2) is 59.5 Å². The predicted octanol–water partition coefficient (Wildman–Crippen LogP) is 6.46. The molecular formula is C34H40Cl2N2O4. The minimum absolute atomic E-state index is 0.0370. The molecule has 2 heterocycles. The van der Waals surface area contributed by atoms with Crippen LogP contribution in [0.25, 0.3) is 0 Å². The Morgan fingerprint density at radius 2 is 1.93 bits per heavy atom. The topological polar surface area (TPSA) is 59.1 Å². The van der Waals surface area contributed by atoms with Gasteiger partial charge in [0.25, 0.3) is 0 Å². The summed E-state index contributed by atoms with van der Waals surface area (Å²) < 4.78 is 12.8. The Labute approximate surface area is 258 Å². The fourth-order valence-corrected chi connectivity index (χ4v) is 9.09. The molecule has 7 rings (SSSR count). The van der Waals surface area contributed by atoms with E-state index in [2.05, 4.69) is 23.6 Å². The molecule has 5 atom stereocenters. The van der Waals surface area contributed by atoms with Gasteiger partial charge in [-0.15, -0.1) is 0 Å². The number of amides is 1.